The van der Waals surface area contributed by atoms with E-state index >= 15 is 0 Å². The van der Waals surface area contributed by atoms with Gasteiger partial charge in [0.05, 0.1) is 11.4 Å². The van der Waals surface area contributed by atoms with Gasteiger partial charge in [-0.05, 0) is 18.6 Å². The lowest BCUT2D eigenvalue weighted by Gasteiger charge is -1.98. The molecule has 68 valence electrons. The normalized spacial score (nSPS) is 10.9. The molecule has 2 aromatic rings. The van der Waals surface area contributed by atoms with E-state index in [-0.39, 0.29) is 0 Å². The molecule has 0 aliphatic rings. The number of alkyl halides is 1. The first-order valence-corrected chi connectivity index (χ1v) is 4.37. The van der Waals surface area contributed by atoms with Crippen molar-refractivity contribution < 1.29 is 4.39 Å². The van der Waals surface area contributed by atoms with Crippen LogP contribution in [0.5, 0.6) is 0 Å². The molecule has 0 N–H and O–H groups in total. The van der Waals surface area contributed by atoms with Gasteiger partial charge >= 0.3 is 0 Å². The number of fused-ring (bicyclic) bond motifs is 1. The molecule has 0 saturated heterocycles. The minimum atomic E-state index is -0.448. The Kier molecular flexibility index (Phi) is 2.00. The highest BCUT2D eigenvalue weighted by Crippen LogP contribution is 2.10. The number of aryl methyl sites for hydroxylation is 1. The van der Waals surface area contributed by atoms with Crippen LogP contribution in [0.2, 0.25) is 0 Å². The van der Waals surface area contributed by atoms with E-state index in [1.807, 2.05) is 25.3 Å². The van der Waals surface area contributed by atoms with Crippen molar-refractivity contribution in [2.24, 2.45) is 0 Å². The largest absolute Gasteiger partial charge is 0.301 e. The Balaban J connectivity index is 2.67. The van der Waals surface area contributed by atoms with Crippen molar-refractivity contribution in [1.82, 2.24) is 9.38 Å². The molecule has 2 aromatic heterocycles. The summed E-state index contributed by atoms with van der Waals surface area (Å²) in [4.78, 5) is 4.34. The first kappa shape index (κ1) is 8.23. The molecule has 0 fully saturated rings. The minimum Gasteiger partial charge on any atom is -0.301 e. The summed E-state index contributed by atoms with van der Waals surface area (Å²) >= 11 is 0. The number of aromatic nitrogens is 2. The van der Waals surface area contributed by atoms with Crippen LogP contribution in [0.3, 0.4) is 0 Å². The average molecular weight is 178 g/mol. The number of nitrogens with zero attached hydrogens (tertiary/aromatic N) is 2. The van der Waals surface area contributed by atoms with Crippen molar-refractivity contribution in [3.8, 4) is 0 Å². The van der Waals surface area contributed by atoms with Crippen LogP contribution in [0.15, 0.2) is 24.4 Å². The molecule has 2 nitrogen and oxygen atoms in total. The van der Waals surface area contributed by atoms with Gasteiger partial charge in [-0.3, -0.25) is 0 Å². The molecule has 0 aliphatic heterocycles. The maximum atomic E-state index is 12.5. The van der Waals surface area contributed by atoms with E-state index in [4.69, 9.17) is 0 Å². The third-order valence-corrected chi connectivity index (χ3v) is 2.13. The summed E-state index contributed by atoms with van der Waals surface area (Å²) in [5, 5.41) is 0. The van der Waals surface area contributed by atoms with Crippen molar-refractivity contribution >= 4 is 5.65 Å². The average Bonchev–Trinajstić information content (AvgIpc) is 2.59. The molecule has 13 heavy (non-hydrogen) atoms. The number of imidazole rings is 1. The first-order valence-electron chi connectivity index (χ1n) is 4.37. The molecule has 0 spiro atoms. The Hall–Kier alpha value is -1.38. The zero-order valence-corrected chi connectivity index (χ0v) is 7.50. The van der Waals surface area contributed by atoms with E-state index in [0.29, 0.717) is 5.69 Å². The van der Waals surface area contributed by atoms with Gasteiger partial charge in [-0.15, -0.1) is 0 Å². The molecule has 0 aliphatic carbocycles. The van der Waals surface area contributed by atoms with E-state index in [1.165, 1.54) is 0 Å². The van der Waals surface area contributed by atoms with Crippen molar-refractivity contribution in [2.75, 3.05) is 0 Å². The van der Waals surface area contributed by atoms with E-state index in [0.717, 1.165) is 17.8 Å². The third kappa shape index (κ3) is 1.30. The molecule has 0 unspecified atom stereocenters. The topological polar surface area (TPSA) is 17.3 Å². The van der Waals surface area contributed by atoms with Gasteiger partial charge in [-0.25, -0.2) is 9.37 Å². The molecule has 0 aromatic carbocycles. The van der Waals surface area contributed by atoms with Gasteiger partial charge in [0, 0.05) is 6.20 Å². The summed E-state index contributed by atoms with van der Waals surface area (Å²) in [6, 6.07) is 5.49. The second-order valence-corrected chi connectivity index (χ2v) is 2.96. The maximum absolute atomic E-state index is 12.5. The van der Waals surface area contributed by atoms with Crippen LogP contribution < -0.4 is 0 Å². The number of hydrogen-bond donors (Lipinski definition) is 0. The monoisotopic (exact) mass is 178 g/mol. The lowest BCUT2D eigenvalue weighted by Crippen LogP contribution is -1.91. The summed E-state index contributed by atoms with van der Waals surface area (Å²) in [6.45, 7) is 1.59. The standard InChI is InChI=1S/C10H11FN2/c1-2-8-7-13-9(6-11)4-3-5-10(13)12-8/h3-5,7H,2,6H2,1H3. The van der Waals surface area contributed by atoms with Crippen molar-refractivity contribution in [3.63, 3.8) is 0 Å². The highest BCUT2D eigenvalue weighted by Gasteiger charge is 2.02. The fraction of sp³-hybridized carbons (Fsp3) is 0.300. The molecule has 0 radical (unpaired) electrons. The molecule has 3 heteroatoms. The zero-order valence-electron chi connectivity index (χ0n) is 7.50. The van der Waals surface area contributed by atoms with Crippen LogP contribution in [0.1, 0.15) is 18.3 Å². The SMILES string of the molecule is CCc1cn2c(CF)cccc2n1. The minimum absolute atomic E-state index is 0.448. The molecule has 0 amide bonds. The summed E-state index contributed by atoms with van der Waals surface area (Å²) in [5.41, 5.74) is 2.48. The van der Waals surface area contributed by atoms with Gasteiger partial charge < -0.3 is 4.40 Å². The molecule has 2 rings (SSSR count). The van der Waals surface area contributed by atoms with Gasteiger partial charge in [-0.1, -0.05) is 13.0 Å². The van der Waals surface area contributed by atoms with Gasteiger partial charge in [-0.2, -0.15) is 0 Å². The van der Waals surface area contributed by atoms with E-state index in [9.17, 15) is 4.39 Å². The van der Waals surface area contributed by atoms with Crippen molar-refractivity contribution in [2.45, 2.75) is 20.0 Å². The van der Waals surface area contributed by atoms with Gasteiger partial charge in [0.1, 0.15) is 12.3 Å². The fourth-order valence-electron chi connectivity index (χ4n) is 1.40. The van der Waals surface area contributed by atoms with Crippen molar-refractivity contribution in [1.29, 1.82) is 0 Å². The number of rotatable bonds is 2. The number of pyridine rings is 1. The van der Waals surface area contributed by atoms with Crippen LogP contribution in [0.25, 0.3) is 5.65 Å². The quantitative estimate of drug-likeness (QED) is 0.690. The molecule has 0 atom stereocenters. The molecule has 0 saturated carbocycles. The predicted molar refractivity (Wildman–Crippen MR) is 49.4 cm³/mol. The predicted octanol–water partition coefficient (Wildman–Crippen LogP) is 2.37. The Bertz CT molecular complexity index is 420. The Morgan fingerprint density at radius 1 is 1.46 bits per heavy atom. The van der Waals surface area contributed by atoms with Gasteiger partial charge in [0.2, 0.25) is 0 Å². The molecule has 0 bridgehead atoms. The fourth-order valence-corrected chi connectivity index (χ4v) is 1.40. The lowest BCUT2D eigenvalue weighted by atomic mass is 10.3. The highest BCUT2D eigenvalue weighted by molar-refractivity contribution is 5.41. The summed E-state index contributed by atoms with van der Waals surface area (Å²) in [5.74, 6) is 0. The van der Waals surface area contributed by atoms with Crippen molar-refractivity contribution in [3.05, 3.63) is 35.8 Å². The lowest BCUT2D eigenvalue weighted by molar-refractivity contribution is 0.472. The van der Waals surface area contributed by atoms with E-state index in [2.05, 4.69) is 4.98 Å². The van der Waals surface area contributed by atoms with Crippen LogP contribution in [0, 0.1) is 0 Å². The summed E-state index contributed by atoms with van der Waals surface area (Å²) < 4.78 is 14.3. The smallest absolute Gasteiger partial charge is 0.137 e. The summed E-state index contributed by atoms with van der Waals surface area (Å²) in [7, 11) is 0. The Morgan fingerprint density at radius 3 is 3.00 bits per heavy atom. The van der Waals surface area contributed by atoms with Crippen LogP contribution in [0.4, 0.5) is 4.39 Å². The number of hydrogen-bond acceptors (Lipinski definition) is 1. The Labute approximate surface area is 76.0 Å². The highest BCUT2D eigenvalue weighted by atomic mass is 19.1. The number of halogens is 1. The second-order valence-electron chi connectivity index (χ2n) is 2.96. The van der Waals surface area contributed by atoms with E-state index < -0.39 is 6.67 Å². The van der Waals surface area contributed by atoms with Gasteiger partial charge in [0.15, 0.2) is 0 Å². The molecular weight excluding hydrogens is 167 g/mol. The third-order valence-electron chi connectivity index (χ3n) is 2.13. The van der Waals surface area contributed by atoms with Gasteiger partial charge in [0.25, 0.3) is 0 Å². The maximum Gasteiger partial charge on any atom is 0.137 e. The van der Waals surface area contributed by atoms with Crippen LogP contribution >= 0.6 is 0 Å². The molecule has 2 heterocycles. The Morgan fingerprint density at radius 2 is 2.31 bits per heavy atom. The van der Waals surface area contributed by atoms with Crippen LogP contribution in [-0.2, 0) is 13.1 Å². The second kappa shape index (κ2) is 3.17. The van der Waals surface area contributed by atoms with Crippen LogP contribution in [-0.4, -0.2) is 9.38 Å². The first-order chi connectivity index (χ1) is 6.35. The van der Waals surface area contributed by atoms with E-state index in [1.54, 1.807) is 10.5 Å². The summed E-state index contributed by atoms with van der Waals surface area (Å²) in [6.07, 6.45) is 2.78. The zero-order chi connectivity index (χ0) is 9.26. The molecular formula is C10H11FN2.